The van der Waals surface area contributed by atoms with Gasteiger partial charge in [0.15, 0.2) is 0 Å². The van der Waals surface area contributed by atoms with Crippen molar-refractivity contribution in [2.75, 3.05) is 26.7 Å². The average molecular weight is 459 g/mol. The van der Waals surface area contributed by atoms with E-state index in [4.69, 9.17) is 4.74 Å². The molecule has 0 atom stereocenters. The molecule has 2 amide bonds. The Morgan fingerprint density at radius 2 is 1.72 bits per heavy atom. The topological polar surface area (TPSA) is 49.9 Å². The highest BCUT2D eigenvalue weighted by Crippen LogP contribution is 2.21. The van der Waals surface area contributed by atoms with Crippen LogP contribution >= 0.6 is 15.9 Å². The lowest BCUT2D eigenvalue weighted by Crippen LogP contribution is -2.43. The van der Waals surface area contributed by atoms with Crippen LogP contribution in [0.3, 0.4) is 0 Å². The van der Waals surface area contributed by atoms with Crippen molar-refractivity contribution in [3.8, 4) is 5.75 Å². The Balaban J connectivity index is 1.40. The van der Waals surface area contributed by atoms with Crippen LogP contribution in [0.25, 0.3) is 0 Å². The number of ether oxygens (including phenoxy) is 1. The summed E-state index contributed by atoms with van der Waals surface area (Å²) in [6.07, 6.45) is 1.79. The number of likely N-dealkylation sites (tertiary alicyclic amines) is 1. The minimum atomic E-state index is -0.0138. The van der Waals surface area contributed by atoms with Crippen LogP contribution in [0, 0.1) is 5.92 Å². The second kappa shape index (κ2) is 10.4. The fourth-order valence-electron chi connectivity index (χ4n) is 3.56. The Morgan fingerprint density at radius 3 is 2.38 bits per heavy atom. The van der Waals surface area contributed by atoms with E-state index in [-0.39, 0.29) is 17.7 Å². The molecule has 0 saturated carbocycles. The second-order valence-electron chi connectivity index (χ2n) is 7.39. The molecule has 1 fully saturated rings. The maximum absolute atomic E-state index is 12.8. The molecule has 6 heteroatoms. The molecular weight excluding hydrogens is 432 g/mol. The number of nitrogens with zero attached hydrogens (tertiary/aromatic N) is 2. The molecule has 1 aliphatic rings. The summed E-state index contributed by atoms with van der Waals surface area (Å²) >= 11 is 3.43. The van der Waals surface area contributed by atoms with Gasteiger partial charge in [-0.2, -0.15) is 0 Å². The van der Waals surface area contributed by atoms with E-state index >= 15 is 0 Å². The summed E-state index contributed by atoms with van der Waals surface area (Å²) in [7, 11) is 1.85. The number of para-hydroxylation sites is 1. The molecule has 0 aliphatic carbocycles. The number of halogens is 1. The molecule has 0 unspecified atom stereocenters. The summed E-state index contributed by atoms with van der Waals surface area (Å²) in [4.78, 5) is 28.8. The molecule has 1 saturated heterocycles. The SMILES string of the molecule is CN(Cc1ccc(Br)cc1)C(=O)C1CCN(C(=O)CCOc2ccccc2)CC1. The largest absolute Gasteiger partial charge is 0.493 e. The first-order valence-corrected chi connectivity index (χ1v) is 10.8. The van der Waals surface area contributed by atoms with Crippen molar-refractivity contribution in [2.24, 2.45) is 5.92 Å². The van der Waals surface area contributed by atoms with E-state index in [0.29, 0.717) is 32.7 Å². The lowest BCUT2D eigenvalue weighted by Gasteiger charge is -2.33. The number of carbonyl (C=O) groups is 2. The van der Waals surface area contributed by atoms with Gasteiger partial charge in [0.1, 0.15) is 5.75 Å². The summed E-state index contributed by atoms with van der Waals surface area (Å²) in [5.41, 5.74) is 1.11. The number of carbonyl (C=O) groups excluding carboxylic acids is 2. The molecular formula is C23H27BrN2O3. The van der Waals surface area contributed by atoms with E-state index in [1.165, 1.54) is 0 Å². The quantitative estimate of drug-likeness (QED) is 0.626. The van der Waals surface area contributed by atoms with Gasteiger partial charge in [-0.25, -0.2) is 0 Å². The van der Waals surface area contributed by atoms with Gasteiger partial charge in [0, 0.05) is 37.1 Å². The van der Waals surface area contributed by atoms with E-state index in [0.717, 1.165) is 28.6 Å². The lowest BCUT2D eigenvalue weighted by molar-refractivity contribution is -0.140. The summed E-state index contributed by atoms with van der Waals surface area (Å²) < 4.78 is 6.64. The smallest absolute Gasteiger partial charge is 0.225 e. The number of rotatable bonds is 7. The van der Waals surface area contributed by atoms with E-state index in [1.807, 2.05) is 66.5 Å². The van der Waals surface area contributed by atoms with Crippen molar-refractivity contribution in [3.05, 3.63) is 64.6 Å². The van der Waals surface area contributed by atoms with Crippen LogP contribution in [0.5, 0.6) is 5.75 Å². The average Bonchev–Trinajstić information content (AvgIpc) is 2.75. The standard InChI is InChI=1S/C23H27BrN2O3/c1-25(17-18-7-9-20(24)10-8-18)23(28)19-11-14-26(15-12-19)22(27)13-16-29-21-5-3-2-4-6-21/h2-10,19H,11-17H2,1H3. The first-order valence-electron chi connectivity index (χ1n) is 9.98. The first-order chi connectivity index (χ1) is 14.0. The summed E-state index contributed by atoms with van der Waals surface area (Å²) in [6, 6.07) is 17.5. The second-order valence-corrected chi connectivity index (χ2v) is 8.30. The molecule has 0 radical (unpaired) electrons. The fraction of sp³-hybridized carbons (Fsp3) is 0.391. The van der Waals surface area contributed by atoms with Crippen molar-refractivity contribution in [1.29, 1.82) is 0 Å². The van der Waals surface area contributed by atoms with Crippen LogP contribution in [0.1, 0.15) is 24.8 Å². The fourth-order valence-corrected chi connectivity index (χ4v) is 3.82. The van der Waals surface area contributed by atoms with Gasteiger partial charge in [-0.15, -0.1) is 0 Å². The van der Waals surface area contributed by atoms with Gasteiger partial charge in [-0.1, -0.05) is 46.3 Å². The van der Waals surface area contributed by atoms with Crippen LogP contribution in [0.2, 0.25) is 0 Å². The molecule has 2 aromatic rings. The number of piperidine rings is 1. The zero-order chi connectivity index (χ0) is 20.6. The monoisotopic (exact) mass is 458 g/mol. The van der Waals surface area contributed by atoms with Crippen molar-refractivity contribution in [2.45, 2.75) is 25.8 Å². The molecule has 1 aliphatic heterocycles. The Kier molecular flexibility index (Phi) is 7.69. The third kappa shape index (κ3) is 6.32. The van der Waals surface area contributed by atoms with E-state index in [1.54, 1.807) is 4.90 Å². The molecule has 0 spiro atoms. The zero-order valence-electron chi connectivity index (χ0n) is 16.7. The van der Waals surface area contributed by atoms with Gasteiger partial charge in [0.25, 0.3) is 0 Å². The van der Waals surface area contributed by atoms with Gasteiger partial charge >= 0.3 is 0 Å². The Hall–Kier alpha value is -2.34. The van der Waals surface area contributed by atoms with E-state index < -0.39 is 0 Å². The van der Waals surface area contributed by atoms with E-state index in [9.17, 15) is 9.59 Å². The molecule has 0 N–H and O–H groups in total. The minimum Gasteiger partial charge on any atom is -0.493 e. The maximum atomic E-state index is 12.8. The highest BCUT2D eigenvalue weighted by atomic mass is 79.9. The Morgan fingerprint density at radius 1 is 1.07 bits per heavy atom. The molecule has 3 rings (SSSR count). The highest BCUT2D eigenvalue weighted by Gasteiger charge is 2.29. The highest BCUT2D eigenvalue weighted by molar-refractivity contribution is 9.10. The minimum absolute atomic E-state index is 0.0138. The molecule has 29 heavy (non-hydrogen) atoms. The van der Waals surface area contributed by atoms with Crippen LogP contribution in [-0.4, -0.2) is 48.4 Å². The van der Waals surface area contributed by atoms with Gasteiger partial charge in [0.05, 0.1) is 13.0 Å². The first kappa shape index (κ1) is 21.4. The number of hydrogen-bond acceptors (Lipinski definition) is 3. The Labute approximate surface area is 180 Å². The van der Waals surface area contributed by atoms with Crippen LogP contribution < -0.4 is 4.74 Å². The van der Waals surface area contributed by atoms with Crippen molar-refractivity contribution < 1.29 is 14.3 Å². The van der Waals surface area contributed by atoms with Gasteiger partial charge in [-0.05, 0) is 42.7 Å². The van der Waals surface area contributed by atoms with Crippen LogP contribution in [0.4, 0.5) is 0 Å². The van der Waals surface area contributed by atoms with Gasteiger partial charge in [0.2, 0.25) is 11.8 Å². The van der Waals surface area contributed by atoms with Crippen molar-refractivity contribution in [1.82, 2.24) is 9.80 Å². The lowest BCUT2D eigenvalue weighted by atomic mass is 9.95. The molecule has 0 bridgehead atoms. The summed E-state index contributed by atoms with van der Waals surface area (Å²) in [6.45, 7) is 2.24. The molecule has 5 nitrogen and oxygen atoms in total. The van der Waals surface area contributed by atoms with E-state index in [2.05, 4.69) is 15.9 Å². The molecule has 0 aromatic heterocycles. The molecule has 1 heterocycles. The molecule has 154 valence electrons. The van der Waals surface area contributed by atoms with Crippen molar-refractivity contribution >= 4 is 27.7 Å². The zero-order valence-corrected chi connectivity index (χ0v) is 18.3. The van der Waals surface area contributed by atoms with Crippen LogP contribution in [0.15, 0.2) is 59.1 Å². The van der Waals surface area contributed by atoms with Crippen LogP contribution in [-0.2, 0) is 16.1 Å². The van der Waals surface area contributed by atoms with Crippen molar-refractivity contribution in [3.63, 3.8) is 0 Å². The van der Waals surface area contributed by atoms with Gasteiger partial charge in [-0.3, -0.25) is 9.59 Å². The van der Waals surface area contributed by atoms with Gasteiger partial charge < -0.3 is 14.5 Å². The predicted molar refractivity (Wildman–Crippen MR) is 116 cm³/mol. The molecule has 2 aromatic carbocycles. The maximum Gasteiger partial charge on any atom is 0.225 e. The number of amides is 2. The summed E-state index contributed by atoms with van der Waals surface area (Å²) in [5.74, 6) is 1.01. The number of benzene rings is 2. The Bertz CT molecular complexity index is 803. The third-order valence-electron chi connectivity index (χ3n) is 5.23. The third-order valence-corrected chi connectivity index (χ3v) is 5.76. The normalized spacial score (nSPS) is 14.5. The summed E-state index contributed by atoms with van der Waals surface area (Å²) in [5, 5.41) is 0. The predicted octanol–water partition coefficient (Wildman–Crippen LogP) is 4.12. The number of hydrogen-bond donors (Lipinski definition) is 0.